The van der Waals surface area contributed by atoms with Gasteiger partial charge in [0.1, 0.15) is 0 Å². The van der Waals surface area contributed by atoms with Gasteiger partial charge in [-0.1, -0.05) is 87.5 Å². The molecule has 4 rings (SSSR count). The molecule has 0 bridgehead atoms. The van der Waals surface area contributed by atoms with Crippen LogP contribution in [0.2, 0.25) is 5.04 Å². The number of hydrogen-bond donors (Lipinski definition) is 0. The van der Waals surface area contributed by atoms with Crippen LogP contribution in [0.3, 0.4) is 0 Å². The first-order chi connectivity index (χ1) is 20.8. The SMILES string of the molecule is CCOC(=O)CC(Cc1csc(CCCCO[Si](c2ccccc2)(c2ccccc2)C(C)(C)C)n1)c1ccc(OC)nc1. The minimum Gasteiger partial charge on any atom is -0.481 e. The van der Waals surface area contributed by atoms with Gasteiger partial charge < -0.3 is 13.9 Å². The summed E-state index contributed by atoms with van der Waals surface area (Å²) in [5.41, 5.74) is 1.97. The smallest absolute Gasteiger partial charge is 0.306 e. The number of rotatable bonds is 15. The molecular formula is C35H44N2O4SSi. The molecule has 0 aliphatic heterocycles. The largest absolute Gasteiger partial charge is 0.481 e. The number of aromatic nitrogens is 2. The van der Waals surface area contributed by atoms with Crippen LogP contribution < -0.4 is 15.1 Å². The number of methoxy groups -OCH3 is 1. The van der Waals surface area contributed by atoms with E-state index in [-0.39, 0.29) is 23.3 Å². The number of unbranched alkanes of at least 4 members (excludes halogenated alkanes) is 1. The highest BCUT2D eigenvalue weighted by molar-refractivity contribution is 7.09. The Morgan fingerprint density at radius 3 is 2.19 bits per heavy atom. The molecule has 1 unspecified atom stereocenters. The Morgan fingerprint density at radius 2 is 1.63 bits per heavy atom. The Balaban J connectivity index is 1.39. The van der Waals surface area contributed by atoms with Crippen molar-refractivity contribution in [2.24, 2.45) is 0 Å². The lowest BCUT2D eigenvalue weighted by Crippen LogP contribution is -2.66. The maximum absolute atomic E-state index is 12.4. The number of aryl methyl sites for hydroxylation is 1. The lowest BCUT2D eigenvalue weighted by Gasteiger charge is -2.43. The molecule has 0 aliphatic rings. The predicted molar refractivity (Wildman–Crippen MR) is 177 cm³/mol. The number of pyridine rings is 1. The molecule has 0 radical (unpaired) electrons. The van der Waals surface area contributed by atoms with Gasteiger partial charge >= 0.3 is 5.97 Å². The van der Waals surface area contributed by atoms with Gasteiger partial charge in [-0.25, -0.2) is 9.97 Å². The van der Waals surface area contributed by atoms with Crippen molar-refractivity contribution in [1.82, 2.24) is 9.97 Å². The molecule has 0 fully saturated rings. The van der Waals surface area contributed by atoms with Crippen LogP contribution >= 0.6 is 11.3 Å². The topological polar surface area (TPSA) is 70.5 Å². The van der Waals surface area contributed by atoms with E-state index in [1.165, 1.54) is 10.4 Å². The Labute approximate surface area is 261 Å². The molecule has 0 saturated carbocycles. The summed E-state index contributed by atoms with van der Waals surface area (Å²) >= 11 is 1.69. The average Bonchev–Trinajstić information content (AvgIpc) is 3.46. The second-order valence-electron chi connectivity index (χ2n) is 11.7. The molecule has 228 valence electrons. The summed E-state index contributed by atoms with van der Waals surface area (Å²) in [5, 5.41) is 5.82. The molecule has 2 aromatic heterocycles. The van der Waals surface area contributed by atoms with Gasteiger partial charge in [0.05, 0.1) is 30.8 Å². The number of thiazole rings is 1. The number of carbonyl (C=O) groups excluding carboxylic acids is 1. The summed E-state index contributed by atoms with van der Waals surface area (Å²) in [7, 11) is -0.921. The third-order valence-corrected chi connectivity index (χ3v) is 13.7. The van der Waals surface area contributed by atoms with Crippen LogP contribution in [0, 0.1) is 0 Å². The summed E-state index contributed by atoms with van der Waals surface area (Å²) in [6.07, 6.45) is 5.58. The van der Waals surface area contributed by atoms with Crippen molar-refractivity contribution in [3.05, 3.63) is 101 Å². The molecule has 0 amide bonds. The van der Waals surface area contributed by atoms with Crippen LogP contribution in [-0.2, 0) is 26.8 Å². The Kier molecular flexibility index (Phi) is 11.7. The van der Waals surface area contributed by atoms with Crippen LogP contribution in [-0.4, -0.2) is 44.6 Å². The first kappa shape index (κ1) is 32.6. The maximum atomic E-state index is 12.4. The van der Waals surface area contributed by atoms with Crippen molar-refractivity contribution in [2.75, 3.05) is 20.3 Å². The van der Waals surface area contributed by atoms with Crippen LogP contribution in [0.5, 0.6) is 5.88 Å². The van der Waals surface area contributed by atoms with Gasteiger partial charge in [0, 0.05) is 30.2 Å². The van der Waals surface area contributed by atoms with Crippen molar-refractivity contribution in [1.29, 1.82) is 0 Å². The van der Waals surface area contributed by atoms with E-state index in [1.54, 1.807) is 24.6 Å². The van der Waals surface area contributed by atoms with Gasteiger partial charge in [-0.2, -0.15) is 0 Å². The van der Waals surface area contributed by atoms with Crippen LogP contribution in [0.4, 0.5) is 0 Å². The molecule has 2 heterocycles. The fraction of sp³-hybridized carbons (Fsp3) is 0.400. The van der Waals surface area contributed by atoms with Gasteiger partial charge in [-0.3, -0.25) is 4.79 Å². The highest BCUT2D eigenvalue weighted by Gasteiger charge is 2.49. The fourth-order valence-electron chi connectivity index (χ4n) is 5.66. The van der Waals surface area contributed by atoms with E-state index < -0.39 is 8.32 Å². The van der Waals surface area contributed by atoms with Crippen molar-refractivity contribution in [2.45, 2.75) is 70.8 Å². The first-order valence-corrected chi connectivity index (χ1v) is 17.9. The molecule has 8 heteroatoms. The van der Waals surface area contributed by atoms with E-state index in [1.807, 2.05) is 19.1 Å². The van der Waals surface area contributed by atoms with Crippen molar-refractivity contribution in [3.63, 3.8) is 0 Å². The molecule has 4 aromatic rings. The Hall–Kier alpha value is -3.33. The lowest BCUT2D eigenvalue weighted by molar-refractivity contribution is -0.143. The maximum Gasteiger partial charge on any atom is 0.306 e. The third-order valence-electron chi connectivity index (χ3n) is 7.73. The standard InChI is InChI=1S/C35H44N2O4SSi/c1-6-40-34(38)24-28(27-20-21-32(39-5)36-25-27)23-29-26-42-33(37-29)19-13-14-22-41-43(35(2,3)4,30-15-9-7-10-16-30)31-17-11-8-12-18-31/h7-12,15-18,20-21,25-26,28H,6,13-14,19,22-24H2,1-5H3. The van der Waals surface area contributed by atoms with Crippen LogP contribution in [0.25, 0.3) is 0 Å². The molecule has 0 saturated heterocycles. The van der Waals surface area contributed by atoms with Crippen molar-refractivity contribution >= 4 is 36.0 Å². The zero-order valence-corrected chi connectivity index (χ0v) is 27.9. The molecule has 0 aliphatic carbocycles. The van der Waals surface area contributed by atoms with Crippen LogP contribution in [0.15, 0.2) is 84.4 Å². The predicted octanol–water partition coefficient (Wildman–Crippen LogP) is 6.73. The summed E-state index contributed by atoms with van der Waals surface area (Å²) in [6.45, 7) is 9.84. The highest BCUT2D eigenvalue weighted by atomic mass is 32.1. The molecular weight excluding hydrogens is 573 g/mol. The Morgan fingerprint density at radius 1 is 0.953 bits per heavy atom. The lowest BCUT2D eigenvalue weighted by atomic mass is 9.92. The summed E-state index contributed by atoms with van der Waals surface area (Å²) in [5.74, 6) is 0.278. The number of ether oxygens (including phenoxy) is 2. The zero-order valence-electron chi connectivity index (χ0n) is 26.0. The molecule has 0 N–H and O–H groups in total. The Bertz CT molecular complexity index is 1370. The van der Waals surface area contributed by atoms with E-state index in [2.05, 4.69) is 91.8 Å². The summed E-state index contributed by atoms with van der Waals surface area (Å²) < 4.78 is 17.5. The number of hydrogen-bond acceptors (Lipinski definition) is 7. The zero-order chi connectivity index (χ0) is 30.7. The van der Waals surface area contributed by atoms with E-state index in [9.17, 15) is 4.79 Å². The summed E-state index contributed by atoms with van der Waals surface area (Å²) in [6, 6.07) is 25.4. The third kappa shape index (κ3) is 8.40. The van der Waals surface area contributed by atoms with Gasteiger partial charge in [0.25, 0.3) is 8.32 Å². The fourth-order valence-corrected chi connectivity index (χ4v) is 11.1. The second-order valence-corrected chi connectivity index (χ2v) is 17.0. The van der Waals surface area contributed by atoms with Gasteiger partial charge in [0.2, 0.25) is 5.88 Å². The minimum atomic E-state index is -2.51. The van der Waals surface area contributed by atoms with E-state index in [0.717, 1.165) is 35.5 Å². The summed E-state index contributed by atoms with van der Waals surface area (Å²) in [4.78, 5) is 21.6. The molecule has 6 nitrogen and oxygen atoms in total. The number of benzene rings is 2. The monoisotopic (exact) mass is 616 g/mol. The van der Waals surface area contributed by atoms with E-state index in [4.69, 9.17) is 18.9 Å². The quantitative estimate of drug-likeness (QED) is 0.0839. The van der Waals surface area contributed by atoms with Crippen LogP contribution in [0.1, 0.15) is 69.1 Å². The average molecular weight is 617 g/mol. The second kappa shape index (κ2) is 15.4. The van der Waals surface area contributed by atoms with Gasteiger partial charge in [-0.05, 0) is 53.6 Å². The number of esters is 1. The molecule has 0 spiro atoms. The molecule has 1 atom stereocenters. The molecule has 43 heavy (non-hydrogen) atoms. The minimum absolute atomic E-state index is 0.0284. The van der Waals surface area contributed by atoms with E-state index >= 15 is 0 Å². The number of nitrogens with zero attached hydrogens (tertiary/aromatic N) is 2. The van der Waals surface area contributed by atoms with Crippen molar-refractivity contribution in [3.8, 4) is 5.88 Å². The van der Waals surface area contributed by atoms with Crippen molar-refractivity contribution < 1.29 is 18.7 Å². The van der Waals surface area contributed by atoms with E-state index in [0.29, 0.717) is 25.5 Å². The highest BCUT2D eigenvalue weighted by Crippen LogP contribution is 2.37. The first-order valence-electron chi connectivity index (χ1n) is 15.1. The van der Waals surface area contributed by atoms with Gasteiger partial charge in [-0.15, -0.1) is 11.3 Å². The van der Waals surface area contributed by atoms with Gasteiger partial charge in [0.15, 0.2) is 0 Å². The number of carbonyl (C=O) groups is 1. The normalized spacial score (nSPS) is 12.6. The molecule has 2 aromatic carbocycles.